The molecule has 3 nitrogen and oxygen atoms in total. The number of fused-ring (bicyclic) bond motifs is 1. The molecule has 28 heavy (non-hydrogen) atoms. The molecule has 138 valence electrons. The van der Waals surface area contributed by atoms with E-state index in [2.05, 4.69) is 40.6 Å². The van der Waals surface area contributed by atoms with Gasteiger partial charge in [0.05, 0.1) is 18.5 Å². The molecule has 4 aromatic rings. The summed E-state index contributed by atoms with van der Waals surface area (Å²) in [7, 11) is 1.68. The SMILES string of the molecule is COc1ccc(N=Nc2ccccc2SCc2ccccc2)c2ccccc12. The lowest BCUT2D eigenvalue weighted by Crippen LogP contribution is -1.84. The molecule has 4 rings (SSSR count). The second-order valence-corrected chi connectivity index (χ2v) is 7.29. The summed E-state index contributed by atoms with van der Waals surface area (Å²) >= 11 is 1.77. The number of azo groups is 1. The van der Waals surface area contributed by atoms with E-state index in [-0.39, 0.29) is 0 Å². The normalized spacial score (nSPS) is 11.2. The number of nitrogens with zero attached hydrogens (tertiary/aromatic N) is 2. The van der Waals surface area contributed by atoms with E-state index in [1.54, 1.807) is 18.9 Å². The molecule has 0 atom stereocenters. The van der Waals surface area contributed by atoms with Crippen LogP contribution in [0.4, 0.5) is 11.4 Å². The highest BCUT2D eigenvalue weighted by Crippen LogP contribution is 2.36. The Hall–Kier alpha value is -3.11. The first kappa shape index (κ1) is 18.3. The number of hydrogen-bond donors (Lipinski definition) is 0. The average molecular weight is 385 g/mol. The van der Waals surface area contributed by atoms with Crippen molar-refractivity contribution in [3.05, 3.63) is 96.6 Å². The van der Waals surface area contributed by atoms with E-state index in [9.17, 15) is 0 Å². The van der Waals surface area contributed by atoms with Crippen LogP contribution in [-0.4, -0.2) is 7.11 Å². The first-order valence-electron chi connectivity index (χ1n) is 9.08. The Morgan fingerprint density at radius 3 is 2.18 bits per heavy atom. The smallest absolute Gasteiger partial charge is 0.126 e. The Kier molecular flexibility index (Phi) is 5.69. The summed E-state index contributed by atoms with van der Waals surface area (Å²) in [6, 6.07) is 30.5. The molecule has 4 heteroatoms. The molecule has 0 saturated heterocycles. The van der Waals surface area contributed by atoms with Gasteiger partial charge in [0.15, 0.2) is 0 Å². The van der Waals surface area contributed by atoms with E-state index < -0.39 is 0 Å². The van der Waals surface area contributed by atoms with Crippen molar-refractivity contribution >= 4 is 33.9 Å². The van der Waals surface area contributed by atoms with Gasteiger partial charge in [-0.15, -0.1) is 22.0 Å². The maximum atomic E-state index is 5.46. The van der Waals surface area contributed by atoms with E-state index in [1.165, 1.54) is 5.56 Å². The van der Waals surface area contributed by atoms with Gasteiger partial charge in [-0.05, 0) is 29.8 Å². The Balaban J connectivity index is 1.61. The molecule has 0 bridgehead atoms. The molecule has 0 aliphatic carbocycles. The Labute approximate surface area is 169 Å². The van der Waals surface area contributed by atoms with Gasteiger partial charge in [0.2, 0.25) is 0 Å². The van der Waals surface area contributed by atoms with Gasteiger partial charge in [-0.25, -0.2) is 0 Å². The fourth-order valence-electron chi connectivity index (χ4n) is 3.03. The molecular weight excluding hydrogens is 364 g/mol. The fourth-order valence-corrected chi connectivity index (χ4v) is 3.97. The molecule has 0 saturated carbocycles. The summed E-state index contributed by atoms with van der Waals surface area (Å²) in [4.78, 5) is 1.12. The predicted molar refractivity (Wildman–Crippen MR) is 117 cm³/mol. The van der Waals surface area contributed by atoms with Crippen LogP contribution in [0, 0.1) is 0 Å². The minimum Gasteiger partial charge on any atom is -0.496 e. The summed E-state index contributed by atoms with van der Waals surface area (Å²) in [6.45, 7) is 0. The van der Waals surface area contributed by atoms with Gasteiger partial charge in [-0.3, -0.25) is 0 Å². The van der Waals surface area contributed by atoms with Crippen molar-refractivity contribution in [2.45, 2.75) is 10.6 Å². The largest absolute Gasteiger partial charge is 0.496 e. The first-order chi connectivity index (χ1) is 13.8. The van der Waals surface area contributed by atoms with Gasteiger partial charge in [-0.2, -0.15) is 0 Å². The Morgan fingerprint density at radius 2 is 1.36 bits per heavy atom. The number of ether oxygens (including phenoxy) is 1. The maximum Gasteiger partial charge on any atom is 0.126 e. The molecule has 0 aliphatic heterocycles. The highest BCUT2D eigenvalue weighted by Gasteiger charge is 2.06. The summed E-state index contributed by atoms with van der Waals surface area (Å²) in [6.07, 6.45) is 0. The van der Waals surface area contributed by atoms with Crippen LogP contribution in [0.2, 0.25) is 0 Å². The van der Waals surface area contributed by atoms with Crippen LogP contribution in [0.5, 0.6) is 5.75 Å². The second-order valence-electron chi connectivity index (χ2n) is 6.27. The van der Waals surface area contributed by atoms with Crippen LogP contribution in [0.1, 0.15) is 5.56 Å². The van der Waals surface area contributed by atoms with Crippen molar-refractivity contribution < 1.29 is 4.74 Å². The third-order valence-corrected chi connectivity index (χ3v) is 5.58. The van der Waals surface area contributed by atoms with Crippen LogP contribution in [0.3, 0.4) is 0 Å². The van der Waals surface area contributed by atoms with E-state index in [4.69, 9.17) is 4.74 Å². The number of benzene rings is 4. The number of methoxy groups -OCH3 is 1. The standard InChI is InChI=1S/C24H20N2OS/c1-27-23-16-15-21(19-11-5-6-12-20(19)23)25-26-22-13-7-8-14-24(22)28-17-18-9-3-2-4-10-18/h2-16H,17H2,1H3. The third-order valence-electron chi connectivity index (χ3n) is 4.45. The quantitative estimate of drug-likeness (QED) is 0.254. The molecule has 4 aromatic carbocycles. The summed E-state index contributed by atoms with van der Waals surface area (Å²) < 4.78 is 5.46. The van der Waals surface area contributed by atoms with Gasteiger partial charge in [0.25, 0.3) is 0 Å². The topological polar surface area (TPSA) is 34.0 Å². The molecule has 0 aromatic heterocycles. The van der Waals surface area contributed by atoms with Gasteiger partial charge in [0.1, 0.15) is 5.75 Å². The molecule has 0 aliphatic rings. The van der Waals surface area contributed by atoms with Gasteiger partial charge in [-0.1, -0.05) is 66.7 Å². The maximum absolute atomic E-state index is 5.46. The molecule has 0 spiro atoms. The number of hydrogen-bond acceptors (Lipinski definition) is 4. The monoisotopic (exact) mass is 384 g/mol. The molecule has 0 heterocycles. The zero-order valence-electron chi connectivity index (χ0n) is 15.6. The molecule has 0 unspecified atom stereocenters. The minimum absolute atomic E-state index is 0.833. The van der Waals surface area contributed by atoms with Crippen molar-refractivity contribution in [2.75, 3.05) is 7.11 Å². The van der Waals surface area contributed by atoms with Crippen molar-refractivity contribution in [3.63, 3.8) is 0 Å². The summed E-state index contributed by atoms with van der Waals surface area (Å²) in [5.74, 6) is 1.74. The molecule has 0 radical (unpaired) electrons. The van der Waals surface area contributed by atoms with Crippen molar-refractivity contribution in [3.8, 4) is 5.75 Å². The highest BCUT2D eigenvalue weighted by atomic mass is 32.2. The van der Waals surface area contributed by atoms with E-state index in [0.29, 0.717) is 0 Å². The van der Waals surface area contributed by atoms with Gasteiger partial charge in [0, 0.05) is 21.4 Å². The summed E-state index contributed by atoms with van der Waals surface area (Å²) in [5, 5.41) is 11.2. The predicted octanol–water partition coefficient (Wildman–Crippen LogP) is 7.56. The van der Waals surface area contributed by atoms with E-state index in [1.807, 2.05) is 60.7 Å². The lowest BCUT2D eigenvalue weighted by atomic mass is 10.1. The fraction of sp³-hybridized carbons (Fsp3) is 0.0833. The third kappa shape index (κ3) is 4.07. The second kappa shape index (κ2) is 8.72. The molecule has 0 amide bonds. The molecular formula is C24H20N2OS. The van der Waals surface area contributed by atoms with Crippen LogP contribution in [0.15, 0.2) is 106 Å². The number of rotatable bonds is 6. The average Bonchev–Trinajstić information content (AvgIpc) is 2.77. The van der Waals surface area contributed by atoms with Crippen molar-refractivity contribution in [2.24, 2.45) is 10.2 Å². The molecule has 0 N–H and O–H groups in total. The number of thioether (sulfide) groups is 1. The molecule has 0 fully saturated rings. The van der Waals surface area contributed by atoms with E-state index >= 15 is 0 Å². The van der Waals surface area contributed by atoms with E-state index in [0.717, 1.165) is 38.5 Å². The minimum atomic E-state index is 0.833. The van der Waals surface area contributed by atoms with Crippen LogP contribution in [0.25, 0.3) is 10.8 Å². The van der Waals surface area contributed by atoms with Crippen molar-refractivity contribution in [1.29, 1.82) is 0 Å². The zero-order valence-corrected chi connectivity index (χ0v) is 16.4. The summed E-state index contributed by atoms with van der Waals surface area (Å²) in [5.41, 5.74) is 3.00. The zero-order chi connectivity index (χ0) is 19.2. The Morgan fingerprint density at radius 1 is 0.679 bits per heavy atom. The Bertz CT molecular complexity index is 1110. The van der Waals surface area contributed by atoms with Crippen LogP contribution >= 0.6 is 11.8 Å². The lowest BCUT2D eigenvalue weighted by Gasteiger charge is -2.07. The first-order valence-corrected chi connectivity index (χ1v) is 10.1. The van der Waals surface area contributed by atoms with Crippen LogP contribution < -0.4 is 4.74 Å². The van der Waals surface area contributed by atoms with Crippen LogP contribution in [-0.2, 0) is 5.75 Å². The van der Waals surface area contributed by atoms with Gasteiger partial charge >= 0.3 is 0 Å². The van der Waals surface area contributed by atoms with Crippen molar-refractivity contribution in [1.82, 2.24) is 0 Å². The highest BCUT2D eigenvalue weighted by molar-refractivity contribution is 7.98. The lowest BCUT2D eigenvalue weighted by molar-refractivity contribution is 0.420. The van der Waals surface area contributed by atoms with Gasteiger partial charge < -0.3 is 4.74 Å².